The minimum absolute atomic E-state index is 0.0110. The molecule has 2 aliphatic rings. The second-order valence-corrected chi connectivity index (χ2v) is 12.3. The Morgan fingerprint density at radius 1 is 0.674 bits per heavy atom. The van der Waals surface area contributed by atoms with Gasteiger partial charge in [-0.3, -0.25) is 19.6 Å². The van der Waals surface area contributed by atoms with Gasteiger partial charge in [-0.1, -0.05) is 97.4 Å². The Bertz CT molecular complexity index is 1610. The zero-order valence-corrected chi connectivity index (χ0v) is 26.8. The molecule has 1 saturated heterocycles. The van der Waals surface area contributed by atoms with Crippen LogP contribution in [0, 0.1) is 0 Å². The molecule has 2 amide bonds. The molecule has 0 saturated carbocycles. The number of fused-ring (bicyclic) bond motifs is 1. The first-order chi connectivity index (χ1) is 22.2. The Morgan fingerprint density at radius 2 is 1.07 bits per heavy atom. The minimum atomic E-state index is -0.581. The SMILES string of the molecule is C=Cc1ccc(COC(=O)COc2ccc(OCC(=O)OCc3ccc(C=C)cc3)c3c2SC(=C2C(=O)N(C)N(C)C2=O)S3)cc1. The molecule has 12 heteroatoms. The summed E-state index contributed by atoms with van der Waals surface area (Å²) in [6.07, 6.45) is 3.45. The van der Waals surface area contributed by atoms with Gasteiger partial charge in [0.1, 0.15) is 30.3 Å². The Labute approximate surface area is 274 Å². The van der Waals surface area contributed by atoms with E-state index in [-0.39, 0.29) is 32.0 Å². The van der Waals surface area contributed by atoms with Crippen molar-refractivity contribution in [3.05, 3.63) is 106 Å². The normalized spacial score (nSPS) is 13.9. The van der Waals surface area contributed by atoms with Crippen LogP contribution in [0.5, 0.6) is 11.5 Å². The van der Waals surface area contributed by atoms with Crippen LogP contribution in [-0.2, 0) is 41.9 Å². The number of nitrogens with zero attached hydrogens (tertiary/aromatic N) is 2. The maximum Gasteiger partial charge on any atom is 0.344 e. The lowest BCUT2D eigenvalue weighted by molar-refractivity contribution is -0.148. The highest BCUT2D eigenvalue weighted by atomic mass is 32.2. The van der Waals surface area contributed by atoms with E-state index >= 15 is 0 Å². The number of amides is 2. The second kappa shape index (κ2) is 14.4. The van der Waals surface area contributed by atoms with Crippen molar-refractivity contribution in [1.29, 1.82) is 0 Å². The van der Waals surface area contributed by atoms with Gasteiger partial charge in [0.15, 0.2) is 13.2 Å². The van der Waals surface area contributed by atoms with Crippen molar-refractivity contribution in [3.8, 4) is 11.5 Å². The number of likely N-dealkylation sites (N-methyl/N-ethyl adjacent to an activating group) is 2. The zero-order valence-electron chi connectivity index (χ0n) is 25.1. The predicted molar refractivity (Wildman–Crippen MR) is 174 cm³/mol. The third kappa shape index (κ3) is 7.30. The maximum atomic E-state index is 12.9. The van der Waals surface area contributed by atoms with Crippen molar-refractivity contribution < 1.29 is 38.1 Å². The number of hydrogen-bond donors (Lipinski definition) is 0. The summed E-state index contributed by atoms with van der Waals surface area (Å²) in [6.45, 7) is 6.84. The van der Waals surface area contributed by atoms with Crippen molar-refractivity contribution in [3.63, 3.8) is 0 Å². The first-order valence-electron chi connectivity index (χ1n) is 14.0. The molecular formula is C34H30N2O8S2. The summed E-state index contributed by atoms with van der Waals surface area (Å²) in [5, 5.41) is 2.46. The van der Waals surface area contributed by atoms with E-state index in [1.165, 1.54) is 24.1 Å². The Balaban J connectivity index is 1.28. The molecule has 0 spiro atoms. The molecule has 0 aromatic heterocycles. The number of ether oxygens (including phenoxy) is 4. The lowest BCUT2D eigenvalue weighted by Crippen LogP contribution is -2.33. The number of rotatable bonds is 12. The highest BCUT2D eigenvalue weighted by Crippen LogP contribution is 2.59. The number of benzene rings is 3. The lowest BCUT2D eigenvalue weighted by Gasteiger charge is -2.16. The van der Waals surface area contributed by atoms with E-state index in [1.807, 2.05) is 48.5 Å². The highest BCUT2D eigenvalue weighted by Gasteiger charge is 2.42. The molecule has 2 heterocycles. The fraction of sp³-hybridized carbons (Fsp3) is 0.176. The Morgan fingerprint density at radius 3 is 1.43 bits per heavy atom. The zero-order chi connectivity index (χ0) is 32.8. The first kappa shape index (κ1) is 32.5. The predicted octanol–water partition coefficient (Wildman–Crippen LogP) is 5.47. The van der Waals surface area contributed by atoms with Crippen LogP contribution in [-0.4, -0.2) is 61.1 Å². The van der Waals surface area contributed by atoms with Gasteiger partial charge >= 0.3 is 11.9 Å². The summed E-state index contributed by atoms with van der Waals surface area (Å²) in [4.78, 5) is 51.9. The number of esters is 2. The van der Waals surface area contributed by atoms with E-state index < -0.39 is 23.8 Å². The number of carbonyl (C=O) groups is 4. The lowest BCUT2D eigenvalue weighted by atomic mass is 10.1. The molecule has 10 nitrogen and oxygen atoms in total. The summed E-state index contributed by atoms with van der Waals surface area (Å²) >= 11 is 2.31. The highest BCUT2D eigenvalue weighted by molar-refractivity contribution is 8.25. The standard InChI is InChI=1S/C34H30N2O8S2/c1-5-21-7-11-23(12-8-21)17-43-27(37)19-41-25-15-16-26(42-20-28(38)44-18-24-13-9-22(6-2)10-14-24)31-30(25)45-34(46-31)29-32(39)35(3)36(4)33(29)40/h5-16H,1-2,17-20H2,3-4H3. The molecule has 2 aliphatic heterocycles. The van der Waals surface area contributed by atoms with E-state index in [0.29, 0.717) is 25.5 Å². The molecule has 236 valence electrons. The van der Waals surface area contributed by atoms with Gasteiger partial charge in [0.2, 0.25) is 0 Å². The van der Waals surface area contributed by atoms with Gasteiger partial charge in [0.25, 0.3) is 11.8 Å². The van der Waals surface area contributed by atoms with Crippen molar-refractivity contribution in [1.82, 2.24) is 10.0 Å². The molecule has 0 radical (unpaired) electrons. The van der Waals surface area contributed by atoms with Crippen molar-refractivity contribution >= 4 is 59.4 Å². The van der Waals surface area contributed by atoms with Crippen LogP contribution in [0.3, 0.4) is 0 Å². The maximum absolute atomic E-state index is 12.9. The van der Waals surface area contributed by atoms with E-state index in [0.717, 1.165) is 45.8 Å². The molecule has 5 rings (SSSR count). The number of hydrogen-bond acceptors (Lipinski definition) is 10. The van der Waals surface area contributed by atoms with Crippen LogP contribution in [0.25, 0.3) is 12.2 Å². The Hall–Kier alpha value is -4.94. The smallest absolute Gasteiger partial charge is 0.344 e. The molecular weight excluding hydrogens is 629 g/mol. The van der Waals surface area contributed by atoms with Crippen LogP contribution >= 0.6 is 23.5 Å². The van der Waals surface area contributed by atoms with Crippen LogP contribution in [0.4, 0.5) is 0 Å². The van der Waals surface area contributed by atoms with E-state index in [2.05, 4.69) is 13.2 Å². The van der Waals surface area contributed by atoms with Crippen molar-refractivity contribution in [2.45, 2.75) is 23.0 Å². The quantitative estimate of drug-likeness (QED) is 0.141. The van der Waals surface area contributed by atoms with Gasteiger partial charge in [-0.05, 0) is 34.4 Å². The fourth-order valence-electron chi connectivity index (χ4n) is 4.30. The molecule has 0 bridgehead atoms. The summed E-state index contributed by atoms with van der Waals surface area (Å²) in [5.41, 5.74) is 3.55. The third-order valence-electron chi connectivity index (χ3n) is 7.02. The van der Waals surface area contributed by atoms with E-state index in [1.54, 1.807) is 24.3 Å². The van der Waals surface area contributed by atoms with Gasteiger partial charge in [-0.2, -0.15) is 0 Å². The molecule has 1 fully saturated rings. The van der Waals surface area contributed by atoms with Gasteiger partial charge < -0.3 is 18.9 Å². The summed E-state index contributed by atoms with van der Waals surface area (Å²) in [5.74, 6) is -1.41. The number of hydrazine groups is 1. The first-order valence-corrected chi connectivity index (χ1v) is 15.6. The van der Waals surface area contributed by atoms with Crippen LogP contribution in [0.2, 0.25) is 0 Å². The third-order valence-corrected chi connectivity index (χ3v) is 9.65. The molecule has 46 heavy (non-hydrogen) atoms. The molecule has 0 aliphatic carbocycles. The monoisotopic (exact) mass is 658 g/mol. The molecule has 3 aromatic carbocycles. The summed E-state index contributed by atoms with van der Waals surface area (Å²) < 4.78 is 22.8. The van der Waals surface area contributed by atoms with Crippen LogP contribution in [0.1, 0.15) is 22.3 Å². The number of thioether (sulfide) groups is 2. The van der Waals surface area contributed by atoms with Crippen molar-refractivity contribution in [2.24, 2.45) is 0 Å². The Kier molecular flexibility index (Phi) is 10.2. The average molecular weight is 659 g/mol. The van der Waals surface area contributed by atoms with E-state index in [4.69, 9.17) is 18.9 Å². The van der Waals surface area contributed by atoms with Crippen LogP contribution in [0.15, 0.2) is 93.4 Å². The van der Waals surface area contributed by atoms with E-state index in [9.17, 15) is 19.2 Å². The van der Waals surface area contributed by atoms with Gasteiger partial charge in [-0.25, -0.2) is 9.59 Å². The van der Waals surface area contributed by atoms with Crippen LogP contribution < -0.4 is 9.47 Å². The molecule has 0 N–H and O–H groups in total. The van der Waals surface area contributed by atoms with Crippen molar-refractivity contribution in [2.75, 3.05) is 27.3 Å². The van der Waals surface area contributed by atoms with Gasteiger partial charge in [0, 0.05) is 14.1 Å². The van der Waals surface area contributed by atoms with Gasteiger partial charge in [0.05, 0.1) is 14.0 Å². The molecule has 0 atom stereocenters. The molecule has 0 unspecified atom stereocenters. The fourth-order valence-corrected chi connectivity index (χ4v) is 6.98. The summed E-state index contributed by atoms with van der Waals surface area (Å²) in [7, 11) is 3.01. The average Bonchev–Trinajstić information content (AvgIpc) is 3.60. The van der Waals surface area contributed by atoms with Gasteiger partial charge in [-0.15, -0.1) is 0 Å². The topological polar surface area (TPSA) is 112 Å². The largest absolute Gasteiger partial charge is 0.481 e. The molecule has 3 aromatic rings. The number of carbonyl (C=O) groups excluding carboxylic acids is 4. The second-order valence-electron chi connectivity index (χ2n) is 10.0. The minimum Gasteiger partial charge on any atom is -0.481 e. The summed E-state index contributed by atoms with van der Waals surface area (Å²) in [6, 6.07) is 18.1.